The minimum absolute atomic E-state index is 0.0233. The van der Waals surface area contributed by atoms with Gasteiger partial charge in [0.2, 0.25) is 17.6 Å². The molecule has 16 heteroatoms. The second kappa shape index (κ2) is 10.9. The molecule has 2 saturated heterocycles. The third-order valence-corrected chi connectivity index (χ3v) is 11.6. The smallest absolute Gasteiger partial charge is 0.258 e. The lowest BCUT2D eigenvalue weighted by Crippen LogP contribution is -2.60. The van der Waals surface area contributed by atoms with Crippen molar-refractivity contribution in [1.29, 1.82) is 0 Å². The van der Waals surface area contributed by atoms with E-state index in [1.54, 1.807) is 13.0 Å². The van der Waals surface area contributed by atoms with Crippen LogP contribution in [0.2, 0.25) is 5.02 Å². The number of amides is 4. The van der Waals surface area contributed by atoms with E-state index in [1.165, 1.54) is 30.3 Å². The van der Waals surface area contributed by atoms with Gasteiger partial charge in [-0.1, -0.05) is 29.3 Å². The van der Waals surface area contributed by atoms with Gasteiger partial charge in [0, 0.05) is 5.02 Å². The number of anilines is 2. The number of rotatable bonds is 4. The fourth-order valence-corrected chi connectivity index (χ4v) is 8.58. The Morgan fingerprint density at radius 1 is 0.875 bits per heavy atom. The van der Waals surface area contributed by atoms with Crippen LogP contribution in [0.5, 0.6) is 0 Å². The highest BCUT2D eigenvalue weighted by Gasteiger charge is 2.77. The molecule has 0 radical (unpaired) electrons. The van der Waals surface area contributed by atoms with Crippen LogP contribution >= 0.6 is 34.8 Å². The van der Waals surface area contributed by atoms with Gasteiger partial charge in [-0.15, -0.1) is 23.2 Å². The molecule has 4 aliphatic rings. The fraction of sp³-hybridized carbons (Fsp3) is 0.312. The normalized spacial score (nSPS) is 29.8. The quantitative estimate of drug-likeness (QED) is 0.0857. The number of alkyl halides is 2. The molecule has 250 valence electrons. The van der Waals surface area contributed by atoms with Crippen molar-refractivity contribution in [2.75, 3.05) is 9.80 Å². The van der Waals surface area contributed by atoms with E-state index >= 15 is 8.78 Å². The number of aliphatic hydroxyl groups excluding tert-OH is 1. The molecule has 8 nitrogen and oxygen atoms in total. The first-order valence-electron chi connectivity index (χ1n) is 14.4. The van der Waals surface area contributed by atoms with E-state index in [2.05, 4.69) is 0 Å². The van der Waals surface area contributed by atoms with Crippen LogP contribution in [0, 0.1) is 53.8 Å². The average molecular weight is 730 g/mol. The number of imide groups is 2. The lowest BCUT2D eigenvalue weighted by atomic mass is 9.57. The summed E-state index contributed by atoms with van der Waals surface area (Å²) in [5, 5.41) is 9.97. The zero-order chi connectivity index (χ0) is 34.8. The summed E-state index contributed by atoms with van der Waals surface area (Å²) >= 11 is 20.3. The number of furan rings is 1. The molecule has 3 fully saturated rings. The SMILES string of the molecule is Cc1ccc(N2C(=O)[C@H]3[C@H](CC=C4[C@H]3C[C@@]3(Cl)C(=O)N(c5c(F)c(F)c(F)c(F)c5F)C(=O)[C@@]3(Cl)[C@H]4c3ccc(CO)o3)C2=O)cc1Cl. The number of hydrogen-bond acceptors (Lipinski definition) is 6. The lowest BCUT2D eigenvalue weighted by Gasteiger charge is -2.49. The Kier molecular flexibility index (Phi) is 7.41. The largest absolute Gasteiger partial charge is 0.463 e. The molecule has 1 saturated carbocycles. The van der Waals surface area contributed by atoms with Crippen molar-refractivity contribution < 1.29 is 50.7 Å². The molecule has 0 spiro atoms. The van der Waals surface area contributed by atoms with E-state index in [0.29, 0.717) is 5.56 Å². The molecule has 6 atom stereocenters. The predicted molar refractivity (Wildman–Crippen MR) is 160 cm³/mol. The minimum Gasteiger partial charge on any atom is -0.463 e. The number of benzene rings is 2. The summed E-state index contributed by atoms with van der Waals surface area (Å²) < 4.78 is 78.6. The van der Waals surface area contributed by atoms with Crippen molar-refractivity contribution in [2.45, 2.75) is 42.0 Å². The van der Waals surface area contributed by atoms with Crippen molar-refractivity contribution in [3.05, 3.63) is 93.2 Å². The molecule has 0 unspecified atom stereocenters. The van der Waals surface area contributed by atoms with E-state index in [-0.39, 0.29) is 39.1 Å². The molecule has 1 N–H and O–H groups in total. The van der Waals surface area contributed by atoms with Gasteiger partial charge in [-0.2, -0.15) is 0 Å². The van der Waals surface area contributed by atoms with Gasteiger partial charge in [0.15, 0.2) is 33.0 Å². The molecule has 2 aliphatic heterocycles. The van der Waals surface area contributed by atoms with Crippen LogP contribution < -0.4 is 9.80 Å². The van der Waals surface area contributed by atoms with Crippen LogP contribution in [-0.4, -0.2) is 38.5 Å². The molecular weight excluding hydrogens is 710 g/mol. The number of aliphatic hydroxyl groups is 1. The molecule has 0 bridgehead atoms. The van der Waals surface area contributed by atoms with Gasteiger partial charge in [-0.25, -0.2) is 31.8 Å². The van der Waals surface area contributed by atoms with E-state index in [1.807, 2.05) is 0 Å². The Balaban J connectivity index is 1.41. The number of carbonyl (C=O) groups excluding carboxylic acids is 4. The Morgan fingerprint density at radius 3 is 2.12 bits per heavy atom. The van der Waals surface area contributed by atoms with E-state index in [4.69, 9.17) is 39.2 Å². The Morgan fingerprint density at radius 2 is 1.52 bits per heavy atom. The third-order valence-electron chi connectivity index (χ3n) is 9.76. The van der Waals surface area contributed by atoms with Crippen LogP contribution in [0.15, 0.2) is 46.4 Å². The Hall–Kier alpha value is -3.78. The first-order valence-corrected chi connectivity index (χ1v) is 15.5. The number of fused-ring (bicyclic) bond motifs is 4. The van der Waals surface area contributed by atoms with Gasteiger partial charge in [-0.05, 0) is 55.5 Å². The standard InChI is InChI=1S/C32H20Cl3F5N2O6/c1-11-2-3-12(8-17(11)33)41-27(44)15-6-5-14-16(19(15)28(41)45)9-31(34)29(46)42(26-24(39)22(37)21(36)23(38)25(26)40)30(47)32(31,35)20(14)18-7-4-13(10-43)48-18/h2-5,7-8,15-16,19-20,43H,6,9-10H2,1H3/t15-,16+,19-,20+,31+,32-/m0/s1. The van der Waals surface area contributed by atoms with Crippen LogP contribution in [0.1, 0.15) is 35.8 Å². The summed E-state index contributed by atoms with van der Waals surface area (Å²) in [6, 6.07) is 7.20. The number of carbonyl (C=O) groups is 4. The maximum atomic E-state index is 15.1. The van der Waals surface area contributed by atoms with E-state index in [9.17, 15) is 37.5 Å². The zero-order valence-electron chi connectivity index (χ0n) is 24.3. The van der Waals surface area contributed by atoms with E-state index in [0.717, 1.165) is 4.90 Å². The van der Waals surface area contributed by atoms with Crippen molar-refractivity contribution >= 4 is 69.8 Å². The molecule has 7 rings (SSSR count). The lowest BCUT2D eigenvalue weighted by molar-refractivity contribution is -0.125. The van der Waals surface area contributed by atoms with Gasteiger partial charge in [0.25, 0.3) is 11.8 Å². The van der Waals surface area contributed by atoms with Crippen molar-refractivity contribution in [1.82, 2.24) is 0 Å². The highest BCUT2D eigenvalue weighted by molar-refractivity contribution is 6.58. The van der Waals surface area contributed by atoms with Gasteiger partial charge >= 0.3 is 0 Å². The molecule has 2 aromatic carbocycles. The summed E-state index contributed by atoms with van der Waals surface area (Å²) in [5.41, 5.74) is -0.803. The second-order valence-electron chi connectivity index (χ2n) is 12.1. The molecule has 2 aliphatic carbocycles. The monoisotopic (exact) mass is 728 g/mol. The van der Waals surface area contributed by atoms with Crippen molar-refractivity contribution in [3.8, 4) is 0 Å². The van der Waals surface area contributed by atoms with Crippen molar-refractivity contribution in [2.24, 2.45) is 17.8 Å². The summed E-state index contributed by atoms with van der Waals surface area (Å²) in [6.07, 6.45) is 0.827. The summed E-state index contributed by atoms with van der Waals surface area (Å²) in [7, 11) is 0. The first-order chi connectivity index (χ1) is 22.6. The van der Waals surface area contributed by atoms with Crippen LogP contribution in [0.4, 0.5) is 33.3 Å². The van der Waals surface area contributed by atoms with Crippen LogP contribution in [0.3, 0.4) is 0 Å². The summed E-state index contributed by atoms with van der Waals surface area (Å²) in [4.78, 5) is 51.5. The topological polar surface area (TPSA) is 108 Å². The maximum Gasteiger partial charge on any atom is 0.258 e. The average Bonchev–Trinajstić information content (AvgIpc) is 3.67. The first kappa shape index (κ1) is 32.8. The number of hydrogen-bond donors (Lipinski definition) is 1. The molecule has 1 aromatic heterocycles. The number of nitrogens with zero attached hydrogens (tertiary/aromatic N) is 2. The Labute approximate surface area is 282 Å². The maximum absolute atomic E-state index is 15.1. The van der Waals surface area contributed by atoms with Crippen LogP contribution in [-0.2, 0) is 25.8 Å². The minimum atomic E-state index is -2.72. The van der Waals surface area contributed by atoms with Crippen LogP contribution in [0.25, 0.3) is 0 Å². The number of allylic oxidation sites excluding steroid dienone is 2. The zero-order valence-corrected chi connectivity index (χ0v) is 26.6. The predicted octanol–water partition coefficient (Wildman–Crippen LogP) is 6.20. The molecule has 3 heterocycles. The highest BCUT2D eigenvalue weighted by atomic mass is 35.5. The van der Waals surface area contributed by atoms with Gasteiger partial charge in [0.05, 0.1) is 23.4 Å². The summed E-state index contributed by atoms with van der Waals surface area (Å²) in [6.45, 7) is 1.11. The van der Waals surface area contributed by atoms with E-state index < -0.39 is 105 Å². The summed E-state index contributed by atoms with van der Waals surface area (Å²) in [5.74, 6) is -21.9. The molecular formula is C32H20Cl3F5N2O6. The molecule has 48 heavy (non-hydrogen) atoms. The fourth-order valence-electron chi connectivity index (χ4n) is 7.49. The number of aryl methyl sites for hydroxylation is 1. The van der Waals surface area contributed by atoms with Gasteiger partial charge in [0.1, 0.15) is 23.8 Å². The van der Waals surface area contributed by atoms with Gasteiger partial charge < -0.3 is 9.52 Å². The van der Waals surface area contributed by atoms with Crippen molar-refractivity contribution in [3.63, 3.8) is 0 Å². The van der Waals surface area contributed by atoms with Gasteiger partial charge in [-0.3, -0.25) is 19.2 Å². The number of halogens is 8. The molecule has 4 amide bonds. The highest BCUT2D eigenvalue weighted by Crippen LogP contribution is 2.66. The third kappa shape index (κ3) is 4.04. The molecule has 3 aromatic rings. The Bertz CT molecular complexity index is 2010. The second-order valence-corrected chi connectivity index (χ2v) is 13.7.